The van der Waals surface area contributed by atoms with Crippen LogP contribution in [0.1, 0.15) is 10.5 Å². The first kappa shape index (κ1) is 16.8. The highest BCUT2D eigenvalue weighted by Gasteiger charge is 2.14. The van der Waals surface area contributed by atoms with Crippen LogP contribution < -0.4 is 10.7 Å². The molecule has 9 heteroatoms. The molecule has 23 heavy (non-hydrogen) atoms. The van der Waals surface area contributed by atoms with Crippen LogP contribution in [0.2, 0.25) is 0 Å². The van der Waals surface area contributed by atoms with E-state index in [0.717, 1.165) is 6.26 Å². The van der Waals surface area contributed by atoms with Gasteiger partial charge in [-0.15, -0.1) is 0 Å². The first-order valence-electron chi connectivity index (χ1n) is 6.50. The molecule has 122 valence electrons. The fourth-order valence-corrected chi connectivity index (χ4v) is 2.45. The summed E-state index contributed by atoms with van der Waals surface area (Å²) in [5.41, 5.74) is -0.447. The van der Waals surface area contributed by atoms with E-state index in [-0.39, 0.29) is 17.3 Å². The zero-order chi connectivity index (χ0) is 17.0. The standard InChI is InChI=1S/C14H15N3O5S/c1-22-9-15-14(19)13-12(18)6-7-17(16-13)10-4-3-5-11(8-10)23(2,20)21/h3-8H,9H2,1-2H3,(H,15,19). The summed E-state index contributed by atoms with van der Waals surface area (Å²) in [5.74, 6) is -0.675. The van der Waals surface area contributed by atoms with E-state index in [1.165, 1.54) is 36.2 Å². The van der Waals surface area contributed by atoms with E-state index in [1.807, 2.05) is 0 Å². The van der Waals surface area contributed by atoms with Crippen LogP contribution in [0, 0.1) is 0 Å². The lowest BCUT2D eigenvalue weighted by Crippen LogP contribution is -2.32. The molecule has 0 saturated heterocycles. The van der Waals surface area contributed by atoms with Crippen molar-refractivity contribution in [1.29, 1.82) is 0 Å². The number of nitrogens with one attached hydrogen (secondary N) is 1. The third kappa shape index (κ3) is 4.02. The average molecular weight is 337 g/mol. The summed E-state index contributed by atoms with van der Waals surface area (Å²) < 4.78 is 29.2. The fraction of sp³-hybridized carbons (Fsp3) is 0.214. The molecule has 0 unspecified atom stereocenters. The van der Waals surface area contributed by atoms with E-state index in [1.54, 1.807) is 12.1 Å². The summed E-state index contributed by atoms with van der Waals surface area (Å²) >= 11 is 0. The van der Waals surface area contributed by atoms with E-state index in [0.29, 0.717) is 5.69 Å². The van der Waals surface area contributed by atoms with E-state index >= 15 is 0 Å². The van der Waals surface area contributed by atoms with Gasteiger partial charge in [-0.05, 0) is 18.2 Å². The normalized spacial score (nSPS) is 11.2. The van der Waals surface area contributed by atoms with Gasteiger partial charge in [0.1, 0.15) is 6.73 Å². The maximum Gasteiger partial charge on any atom is 0.277 e. The van der Waals surface area contributed by atoms with Crippen LogP contribution in [-0.4, -0.2) is 44.2 Å². The highest BCUT2D eigenvalue weighted by atomic mass is 32.2. The first-order chi connectivity index (χ1) is 10.8. The molecule has 0 atom stereocenters. The Bertz CT molecular complexity index is 889. The second-order valence-electron chi connectivity index (χ2n) is 4.68. The van der Waals surface area contributed by atoms with Crippen molar-refractivity contribution in [3.05, 3.63) is 52.4 Å². The van der Waals surface area contributed by atoms with Crippen LogP contribution in [0.4, 0.5) is 0 Å². The number of sulfone groups is 1. The highest BCUT2D eigenvalue weighted by molar-refractivity contribution is 7.90. The monoisotopic (exact) mass is 337 g/mol. The van der Waals surface area contributed by atoms with E-state index < -0.39 is 21.2 Å². The third-order valence-electron chi connectivity index (χ3n) is 2.91. The number of hydrogen-bond acceptors (Lipinski definition) is 6. The highest BCUT2D eigenvalue weighted by Crippen LogP contribution is 2.13. The van der Waals surface area contributed by atoms with Crippen LogP contribution in [0.15, 0.2) is 46.2 Å². The van der Waals surface area contributed by atoms with Crippen molar-refractivity contribution in [3.63, 3.8) is 0 Å². The molecular formula is C14H15N3O5S. The molecule has 0 aliphatic carbocycles. The van der Waals surface area contributed by atoms with E-state index in [9.17, 15) is 18.0 Å². The van der Waals surface area contributed by atoms with Crippen molar-refractivity contribution in [1.82, 2.24) is 15.1 Å². The SMILES string of the molecule is COCNC(=O)c1nn(-c2cccc(S(C)(=O)=O)c2)ccc1=O. The second kappa shape index (κ2) is 6.71. The Hall–Kier alpha value is -2.52. The van der Waals surface area contributed by atoms with Crippen LogP contribution >= 0.6 is 0 Å². The molecule has 8 nitrogen and oxygen atoms in total. The molecule has 0 aliphatic heterocycles. The minimum absolute atomic E-state index is 0.0571. The summed E-state index contributed by atoms with van der Waals surface area (Å²) in [5, 5.41) is 6.33. The van der Waals surface area contributed by atoms with Gasteiger partial charge in [-0.1, -0.05) is 6.07 Å². The third-order valence-corrected chi connectivity index (χ3v) is 4.02. The molecule has 0 spiro atoms. The number of methoxy groups -OCH3 is 1. The smallest absolute Gasteiger partial charge is 0.277 e. The number of nitrogens with zero attached hydrogens (tertiary/aromatic N) is 2. The zero-order valence-electron chi connectivity index (χ0n) is 12.5. The molecule has 2 aromatic rings. The van der Waals surface area contributed by atoms with Gasteiger partial charge >= 0.3 is 0 Å². The van der Waals surface area contributed by atoms with Crippen molar-refractivity contribution >= 4 is 15.7 Å². The number of ether oxygens (including phenoxy) is 1. The van der Waals surface area contributed by atoms with Crippen LogP contribution in [0.25, 0.3) is 5.69 Å². The Morgan fingerprint density at radius 1 is 1.35 bits per heavy atom. The van der Waals surface area contributed by atoms with Gasteiger partial charge in [0.05, 0.1) is 10.6 Å². The average Bonchev–Trinajstić information content (AvgIpc) is 2.52. The van der Waals surface area contributed by atoms with Gasteiger partial charge in [0.2, 0.25) is 5.43 Å². The molecule has 1 amide bonds. The summed E-state index contributed by atoms with van der Waals surface area (Å²) in [4.78, 5) is 23.7. The molecule has 0 aliphatic rings. The molecule has 0 fully saturated rings. The van der Waals surface area contributed by atoms with Gasteiger partial charge in [0.25, 0.3) is 5.91 Å². The van der Waals surface area contributed by atoms with E-state index in [4.69, 9.17) is 4.74 Å². The summed E-state index contributed by atoms with van der Waals surface area (Å²) in [6, 6.07) is 7.21. The minimum Gasteiger partial charge on any atom is -0.364 e. The summed E-state index contributed by atoms with van der Waals surface area (Å²) in [6.45, 7) is -0.0571. The van der Waals surface area contributed by atoms with Crippen molar-refractivity contribution in [2.45, 2.75) is 4.90 Å². The molecule has 1 N–H and O–H groups in total. The Labute approximate surface area is 132 Å². The summed E-state index contributed by atoms with van der Waals surface area (Å²) in [6.07, 6.45) is 2.45. The number of rotatable bonds is 5. The lowest BCUT2D eigenvalue weighted by Gasteiger charge is -2.09. The zero-order valence-corrected chi connectivity index (χ0v) is 13.3. The molecule has 2 rings (SSSR count). The van der Waals surface area contributed by atoms with Crippen molar-refractivity contribution < 1.29 is 17.9 Å². The lowest BCUT2D eigenvalue weighted by atomic mass is 10.3. The van der Waals surface area contributed by atoms with Gasteiger partial charge < -0.3 is 10.1 Å². The van der Waals surface area contributed by atoms with E-state index in [2.05, 4.69) is 10.4 Å². The minimum atomic E-state index is -3.38. The maximum absolute atomic E-state index is 11.9. The fourth-order valence-electron chi connectivity index (χ4n) is 1.79. The van der Waals surface area contributed by atoms with Gasteiger partial charge in [-0.25, -0.2) is 13.1 Å². The van der Waals surface area contributed by atoms with Crippen LogP contribution in [0.5, 0.6) is 0 Å². The first-order valence-corrected chi connectivity index (χ1v) is 8.39. The summed E-state index contributed by atoms with van der Waals surface area (Å²) in [7, 11) is -1.98. The van der Waals surface area contributed by atoms with Gasteiger partial charge in [-0.2, -0.15) is 5.10 Å². The second-order valence-corrected chi connectivity index (χ2v) is 6.70. The quantitative estimate of drug-likeness (QED) is 0.768. The number of hydrogen-bond donors (Lipinski definition) is 1. The Balaban J connectivity index is 2.46. The number of aromatic nitrogens is 2. The Morgan fingerprint density at radius 2 is 2.09 bits per heavy atom. The largest absolute Gasteiger partial charge is 0.364 e. The molecule has 0 saturated carbocycles. The predicted octanol–water partition coefficient (Wildman–Crippen LogP) is -0.0303. The predicted molar refractivity (Wildman–Crippen MR) is 82.3 cm³/mol. The molecule has 0 bridgehead atoms. The van der Waals surface area contributed by atoms with Crippen molar-refractivity contribution in [3.8, 4) is 5.69 Å². The lowest BCUT2D eigenvalue weighted by molar-refractivity contribution is 0.0864. The van der Waals surface area contributed by atoms with Crippen LogP contribution in [-0.2, 0) is 14.6 Å². The molecule has 1 aromatic carbocycles. The van der Waals surface area contributed by atoms with Crippen molar-refractivity contribution in [2.75, 3.05) is 20.1 Å². The van der Waals surface area contributed by atoms with Crippen LogP contribution in [0.3, 0.4) is 0 Å². The van der Waals surface area contributed by atoms with Gasteiger partial charge in [-0.3, -0.25) is 9.59 Å². The Kier molecular flexibility index (Phi) is 4.92. The number of carbonyl (C=O) groups excluding carboxylic acids is 1. The number of carbonyl (C=O) groups is 1. The molecular weight excluding hydrogens is 322 g/mol. The number of benzene rings is 1. The number of amides is 1. The van der Waals surface area contributed by atoms with Crippen molar-refractivity contribution in [2.24, 2.45) is 0 Å². The maximum atomic E-state index is 11.9. The van der Waals surface area contributed by atoms with Gasteiger partial charge in [0.15, 0.2) is 15.5 Å². The van der Waals surface area contributed by atoms with Gasteiger partial charge in [0, 0.05) is 25.6 Å². The molecule has 1 aromatic heterocycles. The molecule has 0 radical (unpaired) electrons. The topological polar surface area (TPSA) is 107 Å². The molecule has 1 heterocycles. The Morgan fingerprint density at radius 3 is 2.74 bits per heavy atom.